The highest BCUT2D eigenvalue weighted by Gasteiger charge is 2.43. The van der Waals surface area contributed by atoms with Crippen LogP contribution in [0.4, 0.5) is 34.1 Å². The van der Waals surface area contributed by atoms with E-state index in [2.05, 4.69) is 184 Å². The van der Waals surface area contributed by atoms with E-state index in [1.807, 2.05) is 78.9 Å². The maximum absolute atomic E-state index is 11.0. The average molecular weight is 918 g/mol. The third kappa shape index (κ3) is 6.49. The van der Waals surface area contributed by atoms with Gasteiger partial charge in [-0.15, -0.1) is 0 Å². The Morgan fingerprint density at radius 1 is 0.375 bits per heavy atom. The molecular formula is C64H40BN7. The first kappa shape index (κ1) is 41.2. The molecule has 12 aromatic rings. The number of aromatic nitrogens is 4. The molecule has 2 aliphatic heterocycles. The van der Waals surface area contributed by atoms with Gasteiger partial charge in [-0.1, -0.05) is 164 Å². The fourth-order valence-corrected chi connectivity index (χ4v) is 11.2. The molecule has 7 nitrogen and oxygen atoms in total. The molecule has 0 aliphatic carbocycles. The zero-order valence-electron chi connectivity index (χ0n) is 38.8. The Labute approximate surface area is 416 Å². The van der Waals surface area contributed by atoms with E-state index in [9.17, 15) is 5.26 Å². The standard InChI is InChI=1S/C64H40BN7/c66-41-45-24-19-30-50(64-68-62(42-20-5-1-6-21-42)67-63(69-64)43-22-7-2-8-23-43)61(45)72-54-33-16-13-29-49(54)51-38-44(36-37-55(51)72)46-39-58-60-59(40-46)71(48-27-11-4-12-28-48)57-35-18-15-32-53(57)65(60)52-31-14-17-34-56(52)70(58)47-25-9-3-10-26-47/h1-40H. The van der Waals surface area contributed by atoms with Crippen LogP contribution in [0, 0.1) is 11.3 Å². The van der Waals surface area contributed by atoms with Gasteiger partial charge in [0.1, 0.15) is 6.07 Å². The summed E-state index contributed by atoms with van der Waals surface area (Å²) in [5.74, 6) is 1.59. The van der Waals surface area contributed by atoms with Gasteiger partial charge in [0.2, 0.25) is 0 Å². The van der Waals surface area contributed by atoms with Crippen LogP contribution in [-0.2, 0) is 0 Å². The van der Waals surface area contributed by atoms with Crippen LogP contribution >= 0.6 is 0 Å². The molecule has 0 N–H and O–H groups in total. The zero-order valence-corrected chi connectivity index (χ0v) is 38.8. The van der Waals surface area contributed by atoms with Crippen LogP contribution in [-0.4, -0.2) is 26.2 Å². The summed E-state index contributed by atoms with van der Waals surface area (Å²) in [5, 5.41) is 13.1. The van der Waals surface area contributed by atoms with Crippen molar-refractivity contribution in [2.45, 2.75) is 0 Å². The Morgan fingerprint density at radius 2 is 0.875 bits per heavy atom. The first-order valence-electron chi connectivity index (χ1n) is 24.2. The van der Waals surface area contributed by atoms with Gasteiger partial charge in [-0.05, 0) is 106 Å². The van der Waals surface area contributed by atoms with E-state index >= 15 is 0 Å². The molecular weight excluding hydrogens is 878 g/mol. The van der Waals surface area contributed by atoms with E-state index in [1.165, 1.54) is 27.8 Å². The van der Waals surface area contributed by atoms with Crippen LogP contribution in [0.5, 0.6) is 0 Å². The molecule has 0 bridgehead atoms. The van der Waals surface area contributed by atoms with E-state index in [0.29, 0.717) is 28.7 Å². The second-order valence-corrected chi connectivity index (χ2v) is 18.3. The predicted octanol–water partition coefficient (Wildman–Crippen LogP) is 13.6. The Bertz CT molecular complexity index is 3960. The van der Waals surface area contributed by atoms with Gasteiger partial charge >= 0.3 is 0 Å². The minimum atomic E-state index is 0.0168. The third-order valence-corrected chi connectivity index (χ3v) is 14.2. The minimum absolute atomic E-state index is 0.0168. The van der Waals surface area contributed by atoms with Crippen molar-refractivity contribution in [3.05, 3.63) is 248 Å². The zero-order chi connectivity index (χ0) is 47.7. The van der Waals surface area contributed by atoms with Crippen LogP contribution in [0.1, 0.15) is 5.56 Å². The fourth-order valence-electron chi connectivity index (χ4n) is 11.2. The molecule has 0 fully saturated rings. The van der Waals surface area contributed by atoms with Gasteiger partial charge in [0.05, 0.1) is 22.3 Å². The summed E-state index contributed by atoms with van der Waals surface area (Å²) in [7, 11) is 0. The van der Waals surface area contributed by atoms with E-state index < -0.39 is 0 Å². The number of rotatable bonds is 7. The highest BCUT2D eigenvalue weighted by Crippen LogP contribution is 2.47. The molecule has 8 heteroatoms. The van der Waals surface area contributed by atoms with Crippen molar-refractivity contribution in [1.29, 1.82) is 5.26 Å². The average Bonchev–Trinajstić information content (AvgIpc) is 3.78. The first-order valence-corrected chi connectivity index (χ1v) is 24.2. The van der Waals surface area contributed by atoms with Crippen molar-refractivity contribution in [3.63, 3.8) is 0 Å². The number of fused-ring (bicyclic) bond motifs is 7. The molecule has 0 spiro atoms. The van der Waals surface area contributed by atoms with E-state index in [0.717, 1.165) is 72.4 Å². The largest absolute Gasteiger partial charge is 0.311 e. The maximum Gasteiger partial charge on any atom is 0.252 e. The lowest BCUT2D eigenvalue weighted by atomic mass is 9.33. The maximum atomic E-state index is 11.0. The summed E-state index contributed by atoms with van der Waals surface area (Å²) in [5.41, 5.74) is 18.4. The molecule has 72 heavy (non-hydrogen) atoms. The van der Waals surface area contributed by atoms with Crippen molar-refractivity contribution in [2.75, 3.05) is 9.80 Å². The van der Waals surface area contributed by atoms with Crippen LogP contribution in [0.25, 0.3) is 72.8 Å². The smallest absolute Gasteiger partial charge is 0.252 e. The second kappa shape index (κ2) is 16.7. The fraction of sp³-hybridized carbons (Fsp3) is 0. The molecule has 2 aliphatic rings. The third-order valence-electron chi connectivity index (χ3n) is 14.2. The van der Waals surface area contributed by atoms with E-state index in [-0.39, 0.29) is 6.71 Å². The quantitative estimate of drug-likeness (QED) is 0.148. The van der Waals surface area contributed by atoms with Gasteiger partial charge in [-0.2, -0.15) is 5.26 Å². The number of para-hydroxylation sites is 6. The Hall–Kier alpha value is -9.84. The van der Waals surface area contributed by atoms with E-state index in [4.69, 9.17) is 15.0 Å². The van der Waals surface area contributed by atoms with Crippen LogP contribution in [0.2, 0.25) is 0 Å². The van der Waals surface area contributed by atoms with Crippen molar-refractivity contribution in [1.82, 2.24) is 19.5 Å². The number of hydrogen-bond acceptors (Lipinski definition) is 6. The molecule has 0 unspecified atom stereocenters. The molecule has 0 saturated carbocycles. The summed E-state index contributed by atoms with van der Waals surface area (Å²) in [6, 6.07) is 87.6. The highest BCUT2D eigenvalue weighted by atomic mass is 15.2. The molecule has 0 saturated heterocycles. The van der Waals surface area contributed by atoms with Gasteiger partial charge < -0.3 is 14.4 Å². The van der Waals surface area contributed by atoms with Gasteiger partial charge in [0.25, 0.3) is 6.71 Å². The number of hydrogen-bond donors (Lipinski definition) is 0. The Balaban J connectivity index is 1.01. The molecule has 0 atom stereocenters. The summed E-state index contributed by atoms with van der Waals surface area (Å²) in [4.78, 5) is 20.2. The predicted molar refractivity (Wildman–Crippen MR) is 295 cm³/mol. The summed E-state index contributed by atoms with van der Waals surface area (Å²) in [6.45, 7) is 0.0168. The number of nitrogens with zero attached hydrogens (tertiary/aromatic N) is 7. The molecule has 0 amide bonds. The summed E-state index contributed by atoms with van der Waals surface area (Å²) in [6.07, 6.45) is 0. The number of nitriles is 1. The molecule has 4 heterocycles. The van der Waals surface area contributed by atoms with Gasteiger partial charge in [-0.25, -0.2) is 15.0 Å². The molecule has 334 valence electrons. The highest BCUT2D eigenvalue weighted by molar-refractivity contribution is 7.00. The van der Waals surface area contributed by atoms with Gasteiger partial charge in [-0.3, -0.25) is 0 Å². The molecule has 0 radical (unpaired) electrons. The van der Waals surface area contributed by atoms with Crippen molar-refractivity contribution >= 4 is 79.0 Å². The minimum Gasteiger partial charge on any atom is -0.311 e. The lowest BCUT2D eigenvalue weighted by molar-refractivity contribution is 1.06. The second-order valence-electron chi connectivity index (χ2n) is 18.3. The summed E-state index contributed by atoms with van der Waals surface area (Å²) < 4.78 is 2.22. The first-order chi connectivity index (χ1) is 35.7. The van der Waals surface area contributed by atoms with Crippen molar-refractivity contribution in [2.24, 2.45) is 0 Å². The number of anilines is 6. The molecule has 10 aromatic carbocycles. The van der Waals surface area contributed by atoms with Crippen molar-refractivity contribution < 1.29 is 0 Å². The SMILES string of the molecule is N#Cc1cccc(-c2nc(-c3ccccc3)nc(-c3ccccc3)n2)c1-n1c2ccccc2c2cc(-c3cc4c5c(c3)N(c3ccccc3)c3ccccc3B5c3ccccc3N4c3ccccc3)ccc21. The number of benzene rings is 10. The lowest BCUT2D eigenvalue weighted by Crippen LogP contribution is -2.61. The van der Waals surface area contributed by atoms with Crippen LogP contribution in [0.3, 0.4) is 0 Å². The Kier molecular flexibility index (Phi) is 9.54. The van der Waals surface area contributed by atoms with Gasteiger partial charge in [0, 0.05) is 61.6 Å². The van der Waals surface area contributed by atoms with E-state index in [1.54, 1.807) is 0 Å². The summed E-state index contributed by atoms with van der Waals surface area (Å²) >= 11 is 0. The van der Waals surface area contributed by atoms with Gasteiger partial charge in [0.15, 0.2) is 17.5 Å². The van der Waals surface area contributed by atoms with Crippen LogP contribution < -0.4 is 26.2 Å². The van der Waals surface area contributed by atoms with Crippen molar-refractivity contribution in [3.8, 4) is 57.0 Å². The molecule has 14 rings (SSSR count). The monoisotopic (exact) mass is 917 g/mol. The lowest BCUT2D eigenvalue weighted by Gasteiger charge is -2.44. The topological polar surface area (TPSA) is 73.9 Å². The van der Waals surface area contributed by atoms with Crippen LogP contribution in [0.15, 0.2) is 243 Å². The normalized spacial score (nSPS) is 12.3. The Morgan fingerprint density at radius 3 is 1.46 bits per heavy atom. The molecule has 2 aromatic heterocycles.